The number of nitrogens with zero attached hydrogens (tertiary/aromatic N) is 2. The molecule has 0 aromatic carbocycles. The van der Waals surface area contributed by atoms with Crippen molar-refractivity contribution in [3.63, 3.8) is 0 Å². The first-order chi connectivity index (χ1) is 7.65. The van der Waals surface area contributed by atoms with Gasteiger partial charge in [-0.15, -0.1) is 0 Å². The van der Waals surface area contributed by atoms with E-state index in [4.69, 9.17) is 17.3 Å². The summed E-state index contributed by atoms with van der Waals surface area (Å²) in [6.07, 6.45) is 3.43. The molecular weight excluding hydrogens is 228 g/mol. The quantitative estimate of drug-likeness (QED) is 0.739. The van der Waals surface area contributed by atoms with E-state index in [0.717, 1.165) is 18.4 Å². The molecule has 6 heteroatoms. The van der Waals surface area contributed by atoms with Crippen LogP contribution in [-0.4, -0.2) is 22.4 Å². The van der Waals surface area contributed by atoms with Crippen LogP contribution in [0.3, 0.4) is 0 Å². The summed E-state index contributed by atoms with van der Waals surface area (Å²) in [5.74, 6) is 0.341. The van der Waals surface area contributed by atoms with Gasteiger partial charge in [-0.2, -0.15) is 0 Å². The molecule has 0 aliphatic heterocycles. The SMILES string of the molecule is CCCc1c(Cl)ncnc1NCCC(N)=O. The van der Waals surface area contributed by atoms with Crippen molar-refractivity contribution in [2.45, 2.75) is 26.2 Å². The summed E-state index contributed by atoms with van der Waals surface area (Å²) < 4.78 is 0. The highest BCUT2D eigenvalue weighted by Crippen LogP contribution is 2.21. The number of rotatable bonds is 6. The van der Waals surface area contributed by atoms with E-state index in [1.165, 1.54) is 6.33 Å². The Hall–Kier alpha value is -1.36. The summed E-state index contributed by atoms with van der Waals surface area (Å²) in [5.41, 5.74) is 5.93. The van der Waals surface area contributed by atoms with Gasteiger partial charge < -0.3 is 11.1 Å². The zero-order chi connectivity index (χ0) is 12.0. The molecule has 0 unspecified atom stereocenters. The number of primary amides is 1. The van der Waals surface area contributed by atoms with E-state index in [9.17, 15) is 4.79 Å². The second-order valence-corrected chi connectivity index (χ2v) is 3.74. The maximum atomic E-state index is 10.6. The van der Waals surface area contributed by atoms with Gasteiger partial charge in [0, 0.05) is 18.5 Å². The minimum atomic E-state index is -0.343. The van der Waals surface area contributed by atoms with Crippen molar-refractivity contribution in [3.8, 4) is 0 Å². The van der Waals surface area contributed by atoms with Crippen molar-refractivity contribution in [1.29, 1.82) is 0 Å². The molecule has 0 spiro atoms. The first kappa shape index (κ1) is 12.7. The number of carbonyl (C=O) groups excluding carboxylic acids is 1. The lowest BCUT2D eigenvalue weighted by Gasteiger charge is -2.10. The fourth-order valence-corrected chi connectivity index (χ4v) is 1.55. The molecule has 1 aromatic heterocycles. The normalized spacial score (nSPS) is 10.1. The van der Waals surface area contributed by atoms with Gasteiger partial charge in [0.25, 0.3) is 0 Å². The summed E-state index contributed by atoms with van der Waals surface area (Å²) in [5, 5.41) is 3.49. The first-order valence-electron chi connectivity index (χ1n) is 5.16. The minimum Gasteiger partial charge on any atom is -0.370 e. The predicted octanol–water partition coefficient (Wildman–Crippen LogP) is 1.37. The number of hydrogen-bond acceptors (Lipinski definition) is 4. The third kappa shape index (κ3) is 3.66. The number of hydrogen-bond donors (Lipinski definition) is 2. The molecule has 0 atom stereocenters. The molecule has 1 amide bonds. The van der Waals surface area contributed by atoms with Gasteiger partial charge >= 0.3 is 0 Å². The number of anilines is 1. The number of carbonyl (C=O) groups is 1. The molecule has 0 radical (unpaired) electrons. The Morgan fingerprint density at radius 3 is 2.94 bits per heavy atom. The van der Waals surface area contributed by atoms with Gasteiger partial charge in [-0.25, -0.2) is 9.97 Å². The molecule has 1 heterocycles. The van der Waals surface area contributed by atoms with Crippen LogP contribution in [0, 0.1) is 0 Å². The van der Waals surface area contributed by atoms with Crippen LogP contribution in [0.1, 0.15) is 25.3 Å². The van der Waals surface area contributed by atoms with Crippen LogP contribution >= 0.6 is 11.6 Å². The lowest BCUT2D eigenvalue weighted by atomic mass is 10.2. The standard InChI is InChI=1S/C10H15ClN4O/c1-2-3-7-9(11)14-6-15-10(7)13-5-4-8(12)16/h6H,2-5H2,1H3,(H2,12,16)(H,13,14,15). The highest BCUT2D eigenvalue weighted by molar-refractivity contribution is 6.30. The molecule has 0 fully saturated rings. The van der Waals surface area contributed by atoms with Crippen molar-refractivity contribution >= 4 is 23.3 Å². The van der Waals surface area contributed by atoms with Crippen molar-refractivity contribution in [2.24, 2.45) is 5.73 Å². The highest BCUT2D eigenvalue weighted by atomic mass is 35.5. The fraction of sp³-hybridized carbons (Fsp3) is 0.500. The van der Waals surface area contributed by atoms with Crippen molar-refractivity contribution in [3.05, 3.63) is 17.0 Å². The highest BCUT2D eigenvalue weighted by Gasteiger charge is 2.08. The zero-order valence-electron chi connectivity index (χ0n) is 9.16. The van der Waals surface area contributed by atoms with Crippen molar-refractivity contribution in [1.82, 2.24) is 9.97 Å². The number of nitrogens with one attached hydrogen (secondary N) is 1. The average Bonchev–Trinajstić information content (AvgIpc) is 2.22. The maximum Gasteiger partial charge on any atom is 0.219 e. The Morgan fingerprint density at radius 2 is 2.31 bits per heavy atom. The number of amides is 1. The monoisotopic (exact) mass is 242 g/mol. The van der Waals surface area contributed by atoms with Gasteiger partial charge in [0.05, 0.1) is 0 Å². The lowest BCUT2D eigenvalue weighted by molar-refractivity contribution is -0.117. The summed E-state index contributed by atoms with van der Waals surface area (Å²) in [6, 6.07) is 0. The van der Waals surface area contributed by atoms with E-state index in [1.807, 2.05) is 0 Å². The third-order valence-corrected chi connectivity index (χ3v) is 2.38. The average molecular weight is 243 g/mol. The van der Waals surface area contributed by atoms with E-state index in [2.05, 4.69) is 22.2 Å². The molecule has 88 valence electrons. The summed E-state index contributed by atoms with van der Waals surface area (Å²) in [7, 11) is 0. The second kappa shape index (κ2) is 6.27. The Labute approximate surface area is 99.4 Å². The molecule has 0 saturated carbocycles. The predicted molar refractivity (Wildman–Crippen MR) is 63.3 cm³/mol. The van der Waals surface area contributed by atoms with Gasteiger partial charge in [0.2, 0.25) is 5.91 Å². The van der Waals surface area contributed by atoms with Gasteiger partial charge in [-0.1, -0.05) is 24.9 Å². The molecule has 0 aliphatic carbocycles. The molecule has 1 rings (SSSR count). The number of aromatic nitrogens is 2. The molecule has 16 heavy (non-hydrogen) atoms. The Bertz CT molecular complexity index is 370. The van der Waals surface area contributed by atoms with Gasteiger partial charge in [0.1, 0.15) is 17.3 Å². The Morgan fingerprint density at radius 1 is 1.56 bits per heavy atom. The molecular formula is C10H15ClN4O. The van der Waals surface area contributed by atoms with E-state index >= 15 is 0 Å². The van der Waals surface area contributed by atoms with Crippen LogP contribution in [0.4, 0.5) is 5.82 Å². The number of halogens is 1. The van der Waals surface area contributed by atoms with E-state index < -0.39 is 0 Å². The van der Waals surface area contributed by atoms with E-state index in [1.54, 1.807) is 0 Å². The summed E-state index contributed by atoms with van der Waals surface area (Å²) in [6.45, 7) is 2.51. The third-order valence-electron chi connectivity index (χ3n) is 2.06. The zero-order valence-corrected chi connectivity index (χ0v) is 9.92. The molecule has 0 bridgehead atoms. The summed E-state index contributed by atoms with van der Waals surface area (Å²) >= 11 is 5.97. The second-order valence-electron chi connectivity index (χ2n) is 3.38. The Kier molecular flexibility index (Phi) is 4.98. The van der Waals surface area contributed by atoms with Crippen LogP contribution in [0.25, 0.3) is 0 Å². The number of nitrogens with two attached hydrogens (primary N) is 1. The first-order valence-corrected chi connectivity index (χ1v) is 5.54. The molecule has 3 N–H and O–H groups in total. The van der Waals surface area contributed by atoms with Gasteiger partial charge in [-0.3, -0.25) is 4.79 Å². The largest absolute Gasteiger partial charge is 0.370 e. The molecule has 5 nitrogen and oxygen atoms in total. The summed E-state index contributed by atoms with van der Waals surface area (Å²) in [4.78, 5) is 18.6. The smallest absolute Gasteiger partial charge is 0.219 e. The molecule has 0 saturated heterocycles. The fourth-order valence-electron chi connectivity index (χ4n) is 1.32. The van der Waals surface area contributed by atoms with Crippen LogP contribution in [-0.2, 0) is 11.2 Å². The van der Waals surface area contributed by atoms with Crippen molar-refractivity contribution < 1.29 is 4.79 Å². The Balaban J connectivity index is 2.70. The van der Waals surface area contributed by atoms with E-state index in [0.29, 0.717) is 17.5 Å². The van der Waals surface area contributed by atoms with E-state index in [-0.39, 0.29) is 12.3 Å². The van der Waals surface area contributed by atoms with Crippen LogP contribution in [0.15, 0.2) is 6.33 Å². The van der Waals surface area contributed by atoms with Crippen molar-refractivity contribution in [2.75, 3.05) is 11.9 Å². The van der Waals surface area contributed by atoms with Gasteiger partial charge in [-0.05, 0) is 6.42 Å². The topological polar surface area (TPSA) is 80.9 Å². The lowest BCUT2D eigenvalue weighted by Crippen LogP contribution is -2.17. The van der Waals surface area contributed by atoms with Crippen LogP contribution < -0.4 is 11.1 Å². The van der Waals surface area contributed by atoms with Crippen LogP contribution in [0.5, 0.6) is 0 Å². The van der Waals surface area contributed by atoms with Crippen LogP contribution in [0.2, 0.25) is 5.15 Å². The minimum absolute atomic E-state index is 0.271. The molecule has 1 aromatic rings. The maximum absolute atomic E-state index is 10.6. The molecule has 0 aliphatic rings. The van der Waals surface area contributed by atoms with Gasteiger partial charge in [0.15, 0.2) is 0 Å².